The largest absolute Gasteiger partial charge is 0.367 e. The summed E-state index contributed by atoms with van der Waals surface area (Å²) < 4.78 is 0. The normalized spacial score (nSPS) is 16.8. The van der Waals surface area contributed by atoms with Crippen molar-refractivity contribution in [3.05, 3.63) is 29.4 Å². The molecule has 1 aliphatic rings. The van der Waals surface area contributed by atoms with Gasteiger partial charge in [0, 0.05) is 31.6 Å². The first-order valence-electron chi connectivity index (χ1n) is 7.17. The topological polar surface area (TPSA) is 32.3 Å². The predicted octanol–water partition coefficient (Wildman–Crippen LogP) is 2.82. The lowest BCUT2D eigenvalue weighted by molar-refractivity contribution is 0.258. The van der Waals surface area contributed by atoms with E-state index in [0.29, 0.717) is 5.02 Å². The van der Waals surface area contributed by atoms with Crippen LogP contribution in [0.2, 0.25) is 5.02 Å². The Bertz CT molecular complexity index is 593. The van der Waals surface area contributed by atoms with Gasteiger partial charge in [0.25, 0.3) is 0 Å². The van der Waals surface area contributed by atoms with E-state index < -0.39 is 0 Å². The zero-order valence-electron chi connectivity index (χ0n) is 11.7. The third kappa shape index (κ3) is 2.58. The molecule has 0 spiro atoms. The van der Waals surface area contributed by atoms with Crippen molar-refractivity contribution in [2.75, 3.05) is 37.6 Å². The predicted molar refractivity (Wildman–Crippen MR) is 83.5 cm³/mol. The van der Waals surface area contributed by atoms with Gasteiger partial charge < -0.3 is 4.90 Å². The van der Waals surface area contributed by atoms with Gasteiger partial charge in [-0.25, -0.2) is 0 Å². The highest BCUT2D eigenvalue weighted by Crippen LogP contribution is 2.29. The second-order valence-electron chi connectivity index (χ2n) is 5.19. The zero-order valence-corrected chi connectivity index (χ0v) is 12.5. The van der Waals surface area contributed by atoms with Crippen molar-refractivity contribution in [2.45, 2.75) is 13.3 Å². The van der Waals surface area contributed by atoms with E-state index in [1.165, 1.54) is 13.0 Å². The molecule has 1 aromatic heterocycles. The van der Waals surface area contributed by atoms with Crippen LogP contribution in [0.4, 0.5) is 5.69 Å². The molecule has 0 radical (unpaired) electrons. The van der Waals surface area contributed by atoms with E-state index in [-0.39, 0.29) is 0 Å². The summed E-state index contributed by atoms with van der Waals surface area (Å²) in [4.78, 5) is 4.90. The van der Waals surface area contributed by atoms with E-state index in [9.17, 15) is 0 Å². The quantitative estimate of drug-likeness (QED) is 0.870. The molecule has 2 heterocycles. The lowest BCUT2D eigenvalue weighted by Gasteiger charge is -2.36. The summed E-state index contributed by atoms with van der Waals surface area (Å²) in [6, 6.07) is 5.91. The molecule has 0 N–H and O–H groups in total. The van der Waals surface area contributed by atoms with Crippen LogP contribution >= 0.6 is 11.6 Å². The van der Waals surface area contributed by atoms with Crippen LogP contribution in [0.15, 0.2) is 24.4 Å². The maximum absolute atomic E-state index is 6.20. The second kappa shape index (κ2) is 5.94. The van der Waals surface area contributed by atoms with Crippen LogP contribution in [-0.2, 0) is 0 Å². The molecule has 0 unspecified atom stereocenters. The number of fused-ring (bicyclic) bond motifs is 1. The van der Waals surface area contributed by atoms with Gasteiger partial charge in [0.1, 0.15) is 5.52 Å². The van der Waals surface area contributed by atoms with Gasteiger partial charge in [0.05, 0.1) is 16.9 Å². The monoisotopic (exact) mass is 290 g/mol. The van der Waals surface area contributed by atoms with Gasteiger partial charge in [-0.3, -0.25) is 4.90 Å². The lowest BCUT2D eigenvalue weighted by atomic mass is 10.1. The van der Waals surface area contributed by atoms with Crippen LogP contribution in [-0.4, -0.2) is 47.8 Å². The van der Waals surface area contributed by atoms with Crippen LogP contribution in [0.25, 0.3) is 10.9 Å². The summed E-state index contributed by atoms with van der Waals surface area (Å²) in [7, 11) is 0. The Morgan fingerprint density at radius 1 is 1.20 bits per heavy atom. The third-order valence-electron chi connectivity index (χ3n) is 3.85. The minimum absolute atomic E-state index is 0.668. The van der Waals surface area contributed by atoms with Crippen LogP contribution in [0.3, 0.4) is 0 Å². The van der Waals surface area contributed by atoms with Gasteiger partial charge in [-0.05, 0) is 19.0 Å². The van der Waals surface area contributed by atoms with Gasteiger partial charge in [-0.2, -0.15) is 5.10 Å². The number of rotatable bonds is 3. The van der Waals surface area contributed by atoms with Crippen LogP contribution in [0.1, 0.15) is 13.3 Å². The van der Waals surface area contributed by atoms with Gasteiger partial charge in [0.2, 0.25) is 0 Å². The minimum Gasteiger partial charge on any atom is -0.367 e. The molecule has 106 valence electrons. The highest BCUT2D eigenvalue weighted by molar-refractivity contribution is 6.35. The van der Waals surface area contributed by atoms with Gasteiger partial charge in [-0.1, -0.05) is 30.7 Å². The minimum atomic E-state index is 0.668. The number of aromatic nitrogens is 2. The Labute approximate surface area is 124 Å². The average Bonchev–Trinajstić information content (AvgIpc) is 2.48. The van der Waals surface area contributed by atoms with E-state index >= 15 is 0 Å². The zero-order chi connectivity index (χ0) is 13.9. The number of benzene rings is 1. The lowest BCUT2D eigenvalue weighted by Crippen LogP contribution is -2.46. The number of halogens is 1. The number of anilines is 1. The van der Waals surface area contributed by atoms with Gasteiger partial charge in [-0.15, -0.1) is 5.10 Å². The fourth-order valence-electron chi connectivity index (χ4n) is 2.82. The second-order valence-corrected chi connectivity index (χ2v) is 5.60. The van der Waals surface area contributed by atoms with Crippen molar-refractivity contribution in [3.8, 4) is 0 Å². The van der Waals surface area contributed by atoms with E-state index in [0.717, 1.165) is 42.8 Å². The van der Waals surface area contributed by atoms with Crippen molar-refractivity contribution in [1.29, 1.82) is 0 Å². The van der Waals surface area contributed by atoms with Crippen LogP contribution < -0.4 is 4.90 Å². The maximum atomic E-state index is 6.20. The molecule has 1 fully saturated rings. The fourth-order valence-corrected chi connectivity index (χ4v) is 3.03. The Morgan fingerprint density at radius 2 is 2.00 bits per heavy atom. The number of hydrogen-bond acceptors (Lipinski definition) is 4. The van der Waals surface area contributed by atoms with E-state index in [1.54, 1.807) is 0 Å². The molecule has 3 rings (SSSR count). The summed E-state index contributed by atoms with van der Waals surface area (Å²) >= 11 is 6.20. The van der Waals surface area contributed by atoms with Crippen molar-refractivity contribution in [3.63, 3.8) is 0 Å². The molecule has 0 amide bonds. The molecule has 0 bridgehead atoms. The first kappa shape index (κ1) is 13.6. The molecule has 2 aromatic rings. The van der Waals surface area contributed by atoms with Crippen LogP contribution in [0.5, 0.6) is 0 Å². The van der Waals surface area contributed by atoms with Crippen molar-refractivity contribution in [2.24, 2.45) is 0 Å². The van der Waals surface area contributed by atoms with Crippen molar-refractivity contribution in [1.82, 2.24) is 15.1 Å². The average molecular weight is 291 g/mol. The summed E-state index contributed by atoms with van der Waals surface area (Å²) in [5.41, 5.74) is 1.94. The summed E-state index contributed by atoms with van der Waals surface area (Å²) in [6.07, 6.45) is 3.07. The van der Waals surface area contributed by atoms with Crippen molar-refractivity contribution >= 4 is 28.2 Å². The molecule has 0 atom stereocenters. The van der Waals surface area contributed by atoms with Gasteiger partial charge >= 0.3 is 0 Å². The highest BCUT2D eigenvalue weighted by Gasteiger charge is 2.19. The smallest absolute Gasteiger partial charge is 0.114 e. The first-order valence-corrected chi connectivity index (χ1v) is 7.54. The van der Waals surface area contributed by atoms with E-state index in [1.807, 2.05) is 18.3 Å². The molecule has 1 aromatic carbocycles. The molecule has 4 nitrogen and oxygen atoms in total. The Hall–Kier alpha value is -1.39. The van der Waals surface area contributed by atoms with E-state index in [4.69, 9.17) is 11.6 Å². The van der Waals surface area contributed by atoms with Crippen molar-refractivity contribution < 1.29 is 0 Å². The maximum Gasteiger partial charge on any atom is 0.114 e. The summed E-state index contributed by atoms with van der Waals surface area (Å²) in [5, 5.41) is 10.0. The molecular weight excluding hydrogens is 272 g/mol. The molecule has 1 aliphatic heterocycles. The number of piperazine rings is 1. The van der Waals surface area contributed by atoms with Crippen LogP contribution in [0, 0.1) is 0 Å². The Kier molecular flexibility index (Phi) is 4.03. The molecule has 5 heteroatoms. The number of nitrogens with zero attached hydrogens (tertiary/aromatic N) is 4. The molecule has 0 saturated carbocycles. The Balaban J connectivity index is 1.86. The summed E-state index contributed by atoms with van der Waals surface area (Å²) in [6.45, 7) is 7.71. The molecule has 20 heavy (non-hydrogen) atoms. The third-order valence-corrected chi connectivity index (χ3v) is 4.16. The molecular formula is C15H19ClN4. The standard InChI is InChI=1S/C15H19ClN4/c1-2-6-19-7-9-20(10-8-19)14-11-17-18-15-12(14)4-3-5-13(15)16/h3-5,11H,2,6-10H2,1H3. The highest BCUT2D eigenvalue weighted by atomic mass is 35.5. The summed E-state index contributed by atoms with van der Waals surface area (Å²) in [5.74, 6) is 0. The SMILES string of the molecule is CCCN1CCN(c2cnnc3c(Cl)cccc23)CC1. The molecule has 1 saturated heterocycles. The van der Waals surface area contributed by atoms with E-state index in [2.05, 4.69) is 33.0 Å². The molecule has 0 aliphatic carbocycles. The fraction of sp³-hybridized carbons (Fsp3) is 0.467. The first-order chi connectivity index (χ1) is 9.79. The number of hydrogen-bond donors (Lipinski definition) is 0. The van der Waals surface area contributed by atoms with Gasteiger partial charge in [0.15, 0.2) is 0 Å². The Morgan fingerprint density at radius 3 is 2.75 bits per heavy atom.